The number of nitrogens with zero attached hydrogens (tertiary/aromatic N) is 2. The highest BCUT2D eigenvalue weighted by atomic mass is 127. The molecule has 0 aliphatic rings. The number of benzene rings is 2. The summed E-state index contributed by atoms with van der Waals surface area (Å²) in [7, 11) is 0. The van der Waals surface area contributed by atoms with Crippen molar-refractivity contribution < 1.29 is 14.3 Å². The van der Waals surface area contributed by atoms with E-state index in [0.717, 1.165) is 8.04 Å². The summed E-state index contributed by atoms with van der Waals surface area (Å²) in [5.41, 5.74) is 3.72. The third kappa shape index (κ3) is 5.96. The Balaban J connectivity index is 1.82. The quantitative estimate of drug-likeness (QED) is 0.117. The summed E-state index contributed by atoms with van der Waals surface area (Å²) in [5.74, 6) is -0.640. The van der Waals surface area contributed by atoms with Crippen molar-refractivity contribution in [3.8, 4) is 5.75 Å². The summed E-state index contributed by atoms with van der Waals surface area (Å²) in [6, 6.07) is 12.2. The molecule has 0 bridgehead atoms. The van der Waals surface area contributed by atoms with Crippen molar-refractivity contribution >= 4 is 88.5 Å². The SMILES string of the molecule is O=C(N/N=C\c1cc(Br)cc(Br)c1OC(=O)c1ccccc1I)c1cncc(Br)c1. The Morgan fingerprint density at radius 2 is 1.83 bits per heavy atom. The van der Waals surface area contributed by atoms with E-state index >= 15 is 0 Å². The van der Waals surface area contributed by atoms with Gasteiger partial charge in [-0.05, 0) is 84.8 Å². The Kier molecular flexibility index (Phi) is 8.14. The van der Waals surface area contributed by atoms with Crippen LogP contribution in [-0.2, 0) is 0 Å². The number of ether oxygens (including phenoxy) is 1. The molecule has 0 unspecified atom stereocenters. The van der Waals surface area contributed by atoms with Crippen molar-refractivity contribution in [3.63, 3.8) is 0 Å². The number of pyridine rings is 1. The van der Waals surface area contributed by atoms with E-state index in [4.69, 9.17) is 4.74 Å². The minimum absolute atomic E-state index is 0.282. The molecule has 152 valence electrons. The van der Waals surface area contributed by atoms with Crippen LogP contribution in [0.1, 0.15) is 26.3 Å². The fraction of sp³-hybridized carbons (Fsp3) is 0. The van der Waals surface area contributed by atoms with Crippen molar-refractivity contribution in [2.75, 3.05) is 0 Å². The first-order chi connectivity index (χ1) is 14.3. The van der Waals surface area contributed by atoms with Gasteiger partial charge in [-0.3, -0.25) is 9.78 Å². The van der Waals surface area contributed by atoms with Gasteiger partial charge < -0.3 is 4.74 Å². The molecule has 2 aromatic carbocycles. The van der Waals surface area contributed by atoms with Gasteiger partial charge in [0.25, 0.3) is 5.91 Å². The van der Waals surface area contributed by atoms with Gasteiger partial charge in [0.1, 0.15) is 0 Å². The minimum atomic E-state index is -0.498. The number of hydrazone groups is 1. The number of carbonyl (C=O) groups is 2. The van der Waals surface area contributed by atoms with Gasteiger partial charge in [-0.2, -0.15) is 5.10 Å². The van der Waals surface area contributed by atoms with Gasteiger partial charge in [-0.15, -0.1) is 0 Å². The maximum atomic E-state index is 12.6. The number of amides is 1. The number of nitrogens with one attached hydrogen (secondary N) is 1. The Morgan fingerprint density at radius 3 is 2.57 bits per heavy atom. The fourth-order valence-corrected chi connectivity index (χ4v) is 4.63. The molecule has 0 radical (unpaired) electrons. The molecule has 3 rings (SSSR count). The van der Waals surface area contributed by atoms with Gasteiger partial charge in [-0.1, -0.05) is 28.1 Å². The summed E-state index contributed by atoms with van der Waals surface area (Å²) < 4.78 is 8.38. The molecule has 0 aliphatic heterocycles. The van der Waals surface area contributed by atoms with Crippen molar-refractivity contribution in [2.24, 2.45) is 5.10 Å². The van der Waals surface area contributed by atoms with Crippen LogP contribution in [0.15, 0.2) is 73.4 Å². The van der Waals surface area contributed by atoms with Crippen molar-refractivity contribution in [1.82, 2.24) is 10.4 Å². The molecular formula is C20H11Br3IN3O3. The lowest BCUT2D eigenvalue weighted by Crippen LogP contribution is -2.18. The number of halogens is 4. The van der Waals surface area contributed by atoms with E-state index < -0.39 is 11.9 Å². The van der Waals surface area contributed by atoms with Gasteiger partial charge in [-0.25, -0.2) is 10.2 Å². The lowest BCUT2D eigenvalue weighted by molar-refractivity contribution is 0.0731. The summed E-state index contributed by atoms with van der Waals surface area (Å²) in [6.45, 7) is 0. The van der Waals surface area contributed by atoms with Crippen LogP contribution < -0.4 is 10.2 Å². The molecule has 0 fully saturated rings. The van der Waals surface area contributed by atoms with Crippen LogP contribution in [0.2, 0.25) is 0 Å². The highest BCUT2D eigenvalue weighted by Crippen LogP contribution is 2.33. The summed E-state index contributed by atoms with van der Waals surface area (Å²) in [4.78, 5) is 28.8. The third-order valence-electron chi connectivity index (χ3n) is 3.66. The second-order valence-electron chi connectivity index (χ2n) is 5.77. The number of hydrogen-bond acceptors (Lipinski definition) is 5. The normalized spacial score (nSPS) is 10.8. The molecule has 1 heterocycles. The third-order valence-corrected chi connectivity index (χ3v) is 6.08. The standard InChI is InChI=1S/C20H11Br3IN3O3/c21-13-5-11(9-26-27-19(28)12-6-14(22)10-25-8-12)18(16(23)7-13)30-20(29)15-3-1-2-4-17(15)24/h1-10H,(H,27,28)/b26-9-. The van der Waals surface area contributed by atoms with E-state index in [2.05, 4.69) is 85.9 Å². The van der Waals surface area contributed by atoms with E-state index in [9.17, 15) is 9.59 Å². The number of esters is 1. The molecule has 0 atom stereocenters. The maximum absolute atomic E-state index is 12.6. The molecule has 0 saturated carbocycles. The fourth-order valence-electron chi connectivity index (χ4n) is 2.32. The van der Waals surface area contributed by atoms with Gasteiger partial charge >= 0.3 is 5.97 Å². The smallest absolute Gasteiger partial charge is 0.344 e. The molecular weight excluding hydrogens is 697 g/mol. The van der Waals surface area contributed by atoms with Gasteiger partial charge in [0.15, 0.2) is 5.75 Å². The van der Waals surface area contributed by atoms with Crippen LogP contribution in [0, 0.1) is 3.57 Å². The van der Waals surface area contributed by atoms with E-state index in [1.54, 1.807) is 36.5 Å². The van der Waals surface area contributed by atoms with E-state index in [1.807, 2.05) is 12.1 Å². The van der Waals surface area contributed by atoms with Crippen LogP contribution >= 0.6 is 70.4 Å². The monoisotopic (exact) mass is 705 g/mol. The van der Waals surface area contributed by atoms with E-state index in [0.29, 0.717) is 25.6 Å². The van der Waals surface area contributed by atoms with Crippen molar-refractivity contribution in [2.45, 2.75) is 0 Å². The van der Waals surface area contributed by atoms with Crippen LogP contribution in [0.25, 0.3) is 0 Å². The Morgan fingerprint density at radius 1 is 1.07 bits per heavy atom. The molecule has 3 aromatic rings. The first-order valence-corrected chi connectivity index (χ1v) is 11.7. The van der Waals surface area contributed by atoms with E-state index in [-0.39, 0.29) is 5.75 Å². The molecule has 0 aliphatic carbocycles. The molecule has 6 nitrogen and oxygen atoms in total. The second-order valence-corrected chi connectivity index (χ2v) is 9.61. The summed E-state index contributed by atoms with van der Waals surface area (Å²) >= 11 is 12.2. The Bertz CT molecular complexity index is 1160. The summed E-state index contributed by atoms with van der Waals surface area (Å²) in [5, 5.41) is 3.99. The number of hydrogen-bond donors (Lipinski definition) is 1. The molecule has 10 heteroatoms. The minimum Gasteiger partial charge on any atom is -0.421 e. The van der Waals surface area contributed by atoms with Crippen LogP contribution in [-0.4, -0.2) is 23.1 Å². The molecule has 0 spiro atoms. The van der Waals surface area contributed by atoms with Gasteiger partial charge in [0, 0.05) is 30.5 Å². The molecule has 1 aromatic heterocycles. The zero-order chi connectivity index (χ0) is 21.7. The first kappa shape index (κ1) is 23.0. The van der Waals surface area contributed by atoms with Crippen LogP contribution in [0.5, 0.6) is 5.75 Å². The molecule has 1 N–H and O–H groups in total. The zero-order valence-corrected chi connectivity index (χ0v) is 21.8. The van der Waals surface area contributed by atoms with Gasteiger partial charge in [0.2, 0.25) is 0 Å². The predicted octanol–water partition coefficient (Wildman–Crippen LogP) is 5.96. The van der Waals surface area contributed by atoms with Crippen LogP contribution in [0.3, 0.4) is 0 Å². The maximum Gasteiger partial charge on any atom is 0.344 e. The number of carbonyl (C=O) groups excluding carboxylic acids is 2. The van der Waals surface area contributed by atoms with Gasteiger partial charge in [0.05, 0.1) is 21.8 Å². The Hall–Kier alpha value is -1.63. The largest absolute Gasteiger partial charge is 0.421 e. The Labute approximate surface area is 211 Å². The average molecular weight is 708 g/mol. The molecule has 0 saturated heterocycles. The lowest BCUT2D eigenvalue weighted by atomic mass is 10.2. The molecule has 1 amide bonds. The highest BCUT2D eigenvalue weighted by molar-refractivity contribution is 14.1. The van der Waals surface area contributed by atoms with Crippen LogP contribution in [0.4, 0.5) is 0 Å². The molecule has 30 heavy (non-hydrogen) atoms. The number of aromatic nitrogens is 1. The predicted molar refractivity (Wildman–Crippen MR) is 133 cm³/mol. The van der Waals surface area contributed by atoms with E-state index in [1.165, 1.54) is 12.4 Å². The summed E-state index contributed by atoms with van der Waals surface area (Å²) in [6.07, 6.45) is 4.41. The average Bonchev–Trinajstić information content (AvgIpc) is 2.70. The highest BCUT2D eigenvalue weighted by Gasteiger charge is 2.17. The lowest BCUT2D eigenvalue weighted by Gasteiger charge is -2.11. The first-order valence-electron chi connectivity index (χ1n) is 8.25. The zero-order valence-electron chi connectivity index (χ0n) is 14.9. The number of rotatable bonds is 5. The topological polar surface area (TPSA) is 80.6 Å². The van der Waals surface area contributed by atoms with Crippen molar-refractivity contribution in [3.05, 3.63) is 88.5 Å². The second kappa shape index (κ2) is 10.6. The van der Waals surface area contributed by atoms with Crippen molar-refractivity contribution in [1.29, 1.82) is 0 Å².